The Labute approximate surface area is 190 Å². The van der Waals surface area contributed by atoms with Gasteiger partial charge in [0.15, 0.2) is 10.6 Å². The van der Waals surface area contributed by atoms with Gasteiger partial charge in [0.25, 0.3) is 5.91 Å². The van der Waals surface area contributed by atoms with Crippen LogP contribution in [-0.2, 0) is 0 Å². The first-order chi connectivity index (χ1) is 14.9. The molecule has 5 rings (SSSR count). The largest absolute Gasteiger partial charge is 0.491 e. The predicted octanol–water partition coefficient (Wildman–Crippen LogP) is 5.55. The molecule has 6 nitrogen and oxygen atoms in total. The van der Waals surface area contributed by atoms with E-state index >= 15 is 0 Å². The molecule has 0 saturated carbocycles. The number of amides is 1. The average Bonchev–Trinajstić information content (AvgIpc) is 3.36. The number of aromatic nitrogens is 1. The van der Waals surface area contributed by atoms with E-state index in [1.165, 1.54) is 16.2 Å². The summed E-state index contributed by atoms with van der Waals surface area (Å²) in [5.74, 6) is 0.403. The molecule has 2 aromatic heterocycles. The van der Waals surface area contributed by atoms with Gasteiger partial charge in [-0.1, -0.05) is 28.1 Å². The van der Waals surface area contributed by atoms with Crippen LogP contribution < -0.4 is 15.1 Å². The lowest BCUT2D eigenvalue weighted by Gasteiger charge is -2.22. The first kappa shape index (κ1) is 20.0. The number of fused-ring (bicyclic) bond motifs is 2. The van der Waals surface area contributed by atoms with Gasteiger partial charge in [0.2, 0.25) is 5.76 Å². The minimum absolute atomic E-state index is 0.0447. The van der Waals surface area contributed by atoms with Crippen LogP contribution in [0.4, 0.5) is 5.13 Å². The fourth-order valence-electron chi connectivity index (χ4n) is 3.79. The van der Waals surface area contributed by atoms with Gasteiger partial charge in [-0.3, -0.25) is 14.5 Å². The molecule has 1 unspecified atom stereocenters. The van der Waals surface area contributed by atoms with Crippen LogP contribution in [0, 0.1) is 0 Å². The molecular weight excluding hydrogens is 480 g/mol. The maximum absolute atomic E-state index is 13.5. The standard InChI is InChI=1S/C23H17BrN2O4S/c1-12(2)29-15-6-3-13(4-7-15)19-18-20(27)16-11-14(24)5-8-17(16)30-21(18)22(28)26(19)23-25-9-10-31-23/h3-12,19H,1-2H3. The van der Waals surface area contributed by atoms with Crippen LogP contribution in [-0.4, -0.2) is 17.0 Å². The third-order valence-electron chi connectivity index (χ3n) is 5.03. The molecule has 2 aromatic carbocycles. The third kappa shape index (κ3) is 3.36. The Balaban J connectivity index is 1.73. The van der Waals surface area contributed by atoms with Crippen LogP contribution >= 0.6 is 27.3 Å². The van der Waals surface area contributed by atoms with Crippen LogP contribution in [0.2, 0.25) is 0 Å². The second-order valence-electron chi connectivity index (χ2n) is 7.44. The lowest BCUT2D eigenvalue weighted by atomic mass is 9.98. The molecule has 0 saturated heterocycles. The molecule has 1 amide bonds. The molecule has 0 aliphatic carbocycles. The van der Waals surface area contributed by atoms with Crippen LogP contribution in [0.3, 0.4) is 0 Å². The highest BCUT2D eigenvalue weighted by molar-refractivity contribution is 9.10. The van der Waals surface area contributed by atoms with Crippen molar-refractivity contribution in [3.63, 3.8) is 0 Å². The normalized spacial score (nSPS) is 15.7. The Morgan fingerprint density at radius 2 is 1.94 bits per heavy atom. The van der Waals surface area contributed by atoms with Crippen molar-refractivity contribution in [1.29, 1.82) is 0 Å². The molecule has 1 aliphatic heterocycles. The number of carbonyl (C=O) groups is 1. The van der Waals surface area contributed by atoms with Crippen LogP contribution in [0.15, 0.2) is 67.7 Å². The van der Waals surface area contributed by atoms with E-state index in [1.54, 1.807) is 29.8 Å². The summed E-state index contributed by atoms with van der Waals surface area (Å²) in [6.45, 7) is 3.91. The number of hydrogen-bond donors (Lipinski definition) is 0. The summed E-state index contributed by atoms with van der Waals surface area (Å²) in [6.07, 6.45) is 1.68. The Morgan fingerprint density at radius 1 is 1.16 bits per heavy atom. The monoisotopic (exact) mass is 496 g/mol. The number of hydrogen-bond acceptors (Lipinski definition) is 6. The summed E-state index contributed by atoms with van der Waals surface area (Å²) in [5, 5.41) is 2.73. The summed E-state index contributed by atoms with van der Waals surface area (Å²) >= 11 is 4.75. The predicted molar refractivity (Wildman–Crippen MR) is 123 cm³/mol. The van der Waals surface area contributed by atoms with Gasteiger partial charge in [-0.15, -0.1) is 11.3 Å². The lowest BCUT2D eigenvalue weighted by molar-refractivity contribution is 0.0971. The number of rotatable bonds is 4. The molecule has 1 aliphatic rings. The number of ether oxygens (including phenoxy) is 1. The molecule has 1 atom stereocenters. The Hall–Kier alpha value is -2.97. The first-order valence-corrected chi connectivity index (χ1v) is 11.4. The summed E-state index contributed by atoms with van der Waals surface area (Å²) in [7, 11) is 0. The maximum Gasteiger partial charge on any atom is 0.297 e. The van der Waals surface area contributed by atoms with Gasteiger partial charge >= 0.3 is 0 Å². The number of benzene rings is 2. The van der Waals surface area contributed by atoms with Crippen LogP contribution in [0.1, 0.15) is 41.6 Å². The van der Waals surface area contributed by atoms with E-state index in [0.717, 1.165) is 15.8 Å². The van der Waals surface area contributed by atoms with E-state index in [1.807, 2.05) is 38.1 Å². The second-order valence-corrected chi connectivity index (χ2v) is 9.23. The van der Waals surface area contributed by atoms with Gasteiger partial charge in [-0.25, -0.2) is 4.98 Å². The summed E-state index contributed by atoms with van der Waals surface area (Å²) < 4.78 is 12.5. The highest BCUT2D eigenvalue weighted by atomic mass is 79.9. The fraction of sp³-hybridized carbons (Fsp3) is 0.174. The number of halogens is 1. The zero-order valence-corrected chi connectivity index (χ0v) is 19.1. The summed E-state index contributed by atoms with van der Waals surface area (Å²) in [4.78, 5) is 32.8. The van der Waals surface area contributed by atoms with Gasteiger partial charge in [0.05, 0.1) is 23.1 Å². The highest BCUT2D eigenvalue weighted by Gasteiger charge is 2.44. The Kier molecular flexibility index (Phi) is 4.91. The maximum atomic E-state index is 13.5. The summed E-state index contributed by atoms with van der Waals surface area (Å²) in [5.41, 5.74) is 1.25. The molecule has 4 aromatic rings. The number of thiazole rings is 1. The smallest absolute Gasteiger partial charge is 0.297 e. The van der Waals surface area contributed by atoms with Crippen molar-refractivity contribution >= 4 is 49.3 Å². The minimum Gasteiger partial charge on any atom is -0.491 e. The number of anilines is 1. The molecule has 0 N–H and O–H groups in total. The molecule has 156 valence electrons. The third-order valence-corrected chi connectivity index (χ3v) is 6.29. The molecule has 0 bridgehead atoms. The second kappa shape index (κ2) is 7.62. The van der Waals surface area contributed by atoms with E-state index in [4.69, 9.17) is 9.15 Å². The molecule has 3 heterocycles. The van der Waals surface area contributed by atoms with Gasteiger partial charge < -0.3 is 9.15 Å². The quantitative estimate of drug-likeness (QED) is 0.370. The van der Waals surface area contributed by atoms with Crippen molar-refractivity contribution in [1.82, 2.24) is 4.98 Å². The van der Waals surface area contributed by atoms with Crippen molar-refractivity contribution in [2.45, 2.75) is 26.0 Å². The Morgan fingerprint density at radius 3 is 2.61 bits per heavy atom. The van der Waals surface area contributed by atoms with E-state index < -0.39 is 6.04 Å². The average molecular weight is 497 g/mol. The molecule has 0 radical (unpaired) electrons. The van der Waals surface area contributed by atoms with E-state index in [-0.39, 0.29) is 23.2 Å². The van der Waals surface area contributed by atoms with Crippen LogP contribution in [0.25, 0.3) is 11.0 Å². The van der Waals surface area contributed by atoms with E-state index in [0.29, 0.717) is 21.7 Å². The zero-order chi connectivity index (χ0) is 21.7. The topological polar surface area (TPSA) is 72.6 Å². The minimum atomic E-state index is -0.638. The lowest BCUT2D eigenvalue weighted by Crippen LogP contribution is -2.29. The van der Waals surface area contributed by atoms with Crippen LogP contribution in [0.5, 0.6) is 5.75 Å². The van der Waals surface area contributed by atoms with Gasteiger partial charge in [0, 0.05) is 16.0 Å². The van der Waals surface area contributed by atoms with Crippen molar-refractivity contribution in [2.75, 3.05) is 4.90 Å². The fourth-order valence-corrected chi connectivity index (χ4v) is 4.82. The van der Waals surface area contributed by atoms with Gasteiger partial charge in [-0.2, -0.15) is 0 Å². The van der Waals surface area contributed by atoms with Gasteiger partial charge in [-0.05, 0) is 49.7 Å². The molecule has 0 fully saturated rings. The molecular formula is C23H17BrN2O4S. The number of nitrogens with zero attached hydrogens (tertiary/aromatic N) is 2. The summed E-state index contributed by atoms with van der Waals surface area (Å²) in [6, 6.07) is 12.0. The van der Waals surface area contributed by atoms with E-state index in [9.17, 15) is 9.59 Å². The van der Waals surface area contributed by atoms with E-state index in [2.05, 4.69) is 20.9 Å². The van der Waals surface area contributed by atoms with Gasteiger partial charge in [0.1, 0.15) is 11.3 Å². The van der Waals surface area contributed by atoms with Crippen molar-refractivity contribution < 1.29 is 13.9 Å². The van der Waals surface area contributed by atoms with Crippen molar-refractivity contribution in [3.05, 3.63) is 85.6 Å². The zero-order valence-electron chi connectivity index (χ0n) is 16.7. The SMILES string of the molecule is CC(C)Oc1ccc(C2c3c(oc4ccc(Br)cc4c3=O)C(=O)N2c2nccs2)cc1. The molecule has 0 spiro atoms. The molecule has 8 heteroatoms. The highest BCUT2D eigenvalue weighted by Crippen LogP contribution is 2.42. The van der Waals surface area contributed by atoms with Crippen molar-refractivity contribution in [2.24, 2.45) is 0 Å². The molecule has 31 heavy (non-hydrogen) atoms. The van der Waals surface area contributed by atoms with Crippen molar-refractivity contribution in [3.8, 4) is 5.75 Å². The number of carbonyl (C=O) groups excluding carboxylic acids is 1. The first-order valence-electron chi connectivity index (χ1n) is 9.70. The Bertz CT molecular complexity index is 1350.